The quantitative estimate of drug-likeness (QED) is 0.229. The van der Waals surface area contributed by atoms with E-state index in [4.69, 9.17) is 9.47 Å². The van der Waals surface area contributed by atoms with Crippen LogP contribution in [0.3, 0.4) is 0 Å². The topological polar surface area (TPSA) is 96.3 Å². The highest BCUT2D eigenvalue weighted by atomic mass is 79.9. The van der Waals surface area contributed by atoms with E-state index in [9.17, 15) is 19.8 Å². The van der Waals surface area contributed by atoms with Crippen LogP contribution in [-0.4, -0.2) is 40.5 Å². The van der Waals surface area contributed by atoms with E-state index in [2.05, 4.69) is 15.9 Å². The van der Waals surface area contributed by atoms with E-state index < -0.39 is 17.7 Å². The van der Waals surface area contributed by atoms with Crippen molar-refractivity contribution >= 4 is 33.4 Å². The van der Waals surface area contributed by atoms with E-state index in [-0.39, 0.29) is 29.4 Å². The molecule has 186 valence electrons. The molecular formula is C28H26BrNO6. The van der Waals surface area contributed by atoms with Crippen LogP contribution in [0.1, 0.15) is 35.2 Å². The minimum absolute atomic E-state index is 0.0373. The number of likely N-dealkylation sites (tertiary alicyclic amines) is 1. The zero-order valence-corrected chi connectivity index (χ0v) is 21.7. The zero-order chi connectivity index (χ0) is 26.0. The second-order valence-corrected chi connectivity index (χ2v) is 9.22. The van der Waals surface area contributed by atoms with Gasteiger partial charge in [-0.05, 0) is 55.3 Å². The van der Waals surface area contributed by atoms with Crippen molar-refractivity contribution in [1.82, 2.24) is 4.90 Å². The number of Topliss-reactive ketones (excluding diaryl/α,β-unsaturated/α-hetero) is 1. The molecule has 1 amide bonds. The Labute approximate surface area is 217 Å². The first-order valence-corrected chi connectivity index (χ1v) is 12.2. The summed E-state index contributed by atoms with van der Waals surface area (Å²) in [4.78, 5) is 28.1. The number of phenolic OH excluding ortho intramolecular Hbond substituents is 1. The molecule has 0 aliphatic carbocycles. The third-order valence-electron chi connectivity index (χ3n) is 6.10. The molecule has 3 aromatic carbocycles. The summed E-state index contributed by atoms with van der Waals surface area (Å²) < 4.78 is 11.9. The van der Waals surface area contributed by atoms with Crippen LogP contribution in [0.5, 0.6) is 17.2 Å². The van der Waals surface area contributed by atoms with E-state index in [0.29, 0.717) is 29.0 Å². The average Bonchev–Trinajstić information content (AvgIpc) is 3.12. The molecular weight excluding hydrogens is 526 g/mol. The van der Waals surface area contributed by atoms with Crippen molar-refractivity contribution in [2.24, 2.45) is 0 Å². The van der Waals surface area contributed by atoms with Crippen LogP contribution < -0.4 is 9.47 Å². The van der Waals surface area contributed by atoms with Gasteiger partial charge in [-0.2, -0.15) is 0 Å². The standard InChI is InChI=1S/C28H26BrNO6/c1-4-36-23-14-17(10-12-21(23)31)25-24(26(32)18-9-11-20(29)16(2)13-18)27(33)28(34)30(25)15-19-7-5-6-8-22(19)35-3/h5-14,25,31-32H,4,15H2,1-3H3/b26-24-. The largest absolute Gasteiger partial charge is 0.507 e. The van der Waals surface area contributed by atoms with Gasteiger partial charge < -0.3 is 24.6 Å². The molecule has 0 radical (unpaired) electrons. The third kappa shape index (κ3) is 4.68. The molecule has 8 heteroatoms. The molecule has 36 heavy (non-hydrogen) atoms. The lowest BCUT2D eigenvalue weighted by atomic mass is 9.94. The first-order chi connectivity index (χ1) is 17.3. The van der Waals surface area contributed by atoms with Crippen LogP contribution in [-0.2, 0) is 16.1 Å². The summed E-state index contributed by atoms with van der Waals surface area (Å²) in [6.45, 7) is 4.04. The predicted octanol–water partition coefficient (Wildman–Crippen LogP) is 5.49. The Morgan fingerprint density at radius 3 is 2.50 bits per heavy atom. The van der Waals surface area contributed by atoms with Crippen LogP contribution in [0, 0.1) is 6.92 Å². The highest BCUT2D eigenvalue weighted by molar-refractivity contribution is 9.10. The number of aliphatic hydroxyl groups is 1. The molecule has 0 bridgehead atoms. The average molecular weight is 552 g/mol. The maximum Gasteiger partial charge on any atom is 0.295 e. The van der Waals surface area contributed by atoms with Gasteiger partial charge in [0.1, 0.15) is 11.5 Å². The number of carbonyl (C=O) groups excluding carboxylic acids is 2. The lowest BCUT2D eigenvalue weighted by Crippen LogP contribution is -2.29. The lowest BCUT2D eigenvalue weighted by Gasteiger charge is -2.26. The van der Waals surface area contributed by atoms with Gasteiger partial charge in [0.05, 0.1) is 31.9 Å². The number of aliphatic hydroxyl groups excluding tert-OH is 1. The van der Waals surface area contributed by atoms with E-state index in [0.717, 1.165) is 10.0 Å². The van der Waals surface area contributed by atoms with Crippen molar-refractivity contribution in [3.63, 3.8) is 0 Å². The molecule has 7 nitrogen and oxygen atoms in total. The number of benzene rings is 3. The molecule has 0 aromatic heterocycles. The number of amides is 1. The Balaban J connectivity index is 1.91. The van der Waals surface area contributed by atoms with Gasteiger partial charge in [0.25, 0.3) is 11.7 Å². The molecule has 0 spiro atoms. The maximum absolute atomic E-state index is 13.4. The number of phenols is 1. The Morgan fingerprint density at radius 2 is 1.81 bits per heavy atom. The Bertz CT molecular complexity index is 1370. The Hall–Kier alpha value is -3.78. The second kappa shape index (κ2) is 10.5. The maximum atomic E-state index is 13.4. The van der Waals surface area contributed by atoms with Gasteiger partial charge in [0.2, 0.25) is 0 Å². The van der Waals surface area contributed by atoms with Gasteiger partial charge in [0.15, 0.2) is 11.5 Å². The fraction of sp³-hybridized carbons (Fsp3) is 0.214. The minimum atomic E-state index is -0.918. The van der Waals surface area contributed by atoms with E-state index in [1.165, 1.54) is 18.1 Å². The molecule has 3 aromatic rings. The fourth-order valence-electron chi connectivity index (χ4n) is 4.33. The molecule has 0 saturated carbocycles. The molecule has 4 rings (SSSR count). The Morgan fingerprint density at radius 1 is 1.06 bits per heavy atom. The highest BCUT2D eigenvalue weighted by Crippen LogP contribution is 2.43. The summed E-state index contributed by atoms with van der Waals surface area (Å²) in [7, 11) is 1.54. The molecule has 1 unspecified atom stereocenters. The number of aromatic hydroxyl groups is 1. The number of methoxy groups -OCH3 is 1. The van der Waals surface area contributed by atoms with Crippen molar-refractivity contribution in [3.8, 4) is 17.2 Å². The van der Waals surface area contributed by atoms with Crippen molar-refractivity contribution in [3.05, 3.63) is 93.0 Å². The van der Waals surface area contributed by atoms with Crippen molar-refractivity contribution in [2.75, 3.05) is 13.7 Å². The van der Waals surface area contributed by atoms with Gasteiger partial charge in [-0.15, -0.1) is 0 Å². The monoisotopic (exact) mass is 551 g/mol. The first-order valence-electron chi connectivity index (χ1n) is 11.4. The summed E-state index contributed by atoms with van der Waals surface area (Å²) >= 11 is 3.45. The molecule has 1 aliphatic heterocycles. The minimum Gasteiger partial charge on any atom is -0.507 e. The lowest BCUT2D eigenvalue weighted by molar-refractivity contribution is -0.140. The summed E-state index contributed by atoms with van der Waals surface area (Å²) in [5, 5.41) is 21.6. The molecule has 2 N–H and O–H groups in total. The number of rotatable bonds is 7. The van der Waals surface area contributed by atoms with Crippen LogP contribution in [0.15, 0.2) is 70.7 Å². The number of hydrogen-bond acceptors (Lipinski definition) is 6. The molecule has 1 saturated heterocycles. The number of hydrogen-bond donors (Lipinski definition) is 2. The Kier molecular flexibility index (Phi) is 7.35. The SMILES string of the molecule is CCOc1cc(C2/C(=C(/O)c3ccc(Br)c(C)c3)C(=O)C(=O)N2Cc2ccccc2OC)ccc1O. The number of ether oxygens (including phenoxy) is 2. The normalized spacial score (nSPS) is 16.9. The molecule has 1 heterocycles. The second-order valence-electron chi connectivity index (χ2n) is 8.36. The van der Waals surface area contributed by atoms with Gasteiger partial charge in [-0.25, -0.2) is 0 Å². The number of carbonyl (C=O) groups is 2. The van der Waals surface area contributed by atoms with Crippen molar-refractivity contribution < 1.29 is 29.3 Å². The summed E-state index contributed by atoms with van der Waals surface area (Å²) in [5.41, 5.74) is 2.46. The number of para-hydroxylation sites is 1. The number of ketones is 1. The van der Waals surface area contributed by atoms with Crippen LogP contribution >= 0.6 is 15.9 Å². The number of aryl methyl sites for hydroxylation is 1. The predicted molar refractivity (Wildman–Crippen MR) is 139 cm³/mol. The van der Waals surface area contributed by atoms with Crippen LogP contribution in [0.2, 0.25) is 0 Å². The van der Waals surface area contributed by atoms with E-state index >= 15 is 0 Å². The zero-order valence-electron chi connectivity index (χ0n) is 20.1. The van der Waals surface area contributed by atoms with Crippen LogP contribution in [0.25, 0.3) is 5.76 Å². The highest BCUT2D eigenvalue weighted by Gasteiger charge is 2.46. The number of halogens is 1. The molecule has 1 fully saturated rings. The van der Waals surface area contributed by atoms with Gasteiger partial charge in [0, 0.05) is 15.6 Å². The molecule has 1 aliphatic rings. The van der Waals surface area contributed by atoms with Gasteiger partial charge >= 0.3 is 0 Å². The van der Waals surface area contributed by atoms with Crippen molar-refractivity contribution in [2.45, 2.75) is 26.4 Å². The van der Waals surface area contributed by atoms with Crippen LogP contribution in [0.4, 0.5) is 0 Å². The van der Waals surface area contributed by atoms with E-state index in [1.54, 1.807) is 43.3 Å². The van der Waals surface area contributed by atoms with Gasteiger partial charge in [-0.3, -0.25) is 9.59 Å². The summed E-state index contributed by atoms with van der Waals surface area (Å²) in [6, 6.07) is 16.2. The summed E-state index contributed by atoms with van der Waals surface area (Å²) in [5.74, 6) is -1.08. The number of nitrogens with zero attached hydrogens (tertiary/aromatic N) is 1. The third-order valence-corrected chi connectivity index (χ3v) is 6.99. The molecule has 1 atom stereocenters. The van der Waals surface area contributed by atoms with Crippen molar-refractivity contribution in [1.29, 1.82) is 0 Å². The fourth-order valence-corrected chi connectivity index (χ4v) is 4.57. The van der Waals surface area contributed by atoms with Gasteiger partial charge in [-0.1, -0.05) is 46.3 Å². The first kappa shape index (κ1) is 25.3. The smallest absolute Gasteiger partial charge is 0.295 e. The van der Waals surface area contributed by atoms with E-state index in [1.807, 2.05) is 25.1 Å². The summed E-state index contributed by atoms with van der Waals surface area (Å²) in [6.07, 6.45) is 0.